The second kappa shape index (κ2) is 3.83. The van der Waals surface area contributed by atoms with E-state index in [0.29, 0.717) is 24.8 Å². The molecular formula is C15H22O4. The first-order valence-electron chi connectivity index (χ1n) is 7.08. The molecule has 0 bridgehead atoms. The molecule has 0 amide bonds. The number of esters is 1. The van der Waals surface area contributed by atoms with Gasteiger partial charge in [0.25, 0.3) is 0 Å². The molecule has 0 spiro atoms. The van der Waals surface area contributed by atoms with Crippen molar-refractivity contribution in [3.8, 4) is 0 Å². The molecule has 2 fully saturated rings. The van der Waals surface area contributed by atoms with Gasteiger partial charge in [0.1, 0.15) is 6.10 Å². The van der Waals surface area contributed by atoms with Crippen LogP contribution >= 0.6 is 0 Å². The molecule has 2 N–H and O–H groups in total. The molecule has 3 rings (SSSR count). The van der Waals surface area contributed by atoms with Gasteiger partial charge in [0.05, 0.1) is 11.2 Å². The Morgan fingerprint density at radius 1 is 1.21 bits per heavy atom. The minimum absolute atomic E-state index is 0.00644. The normalized spacial score (nSPS) is 49.7. The quantitative estimate of drug-likeness (QED) is 0.653. The maximum atomic E-state index is 11.7. The molecule has 19 heavy (non-hydrogen) atoms. The topological polar surface area (TPSA) is 66.8 Å². The number of aliphatic hydroxyl groups is 2. The summed E-state index contributed by atoms with van der Waals surface area (Å²) in [6.07, 6.45) is 2.35. The molecule has 0 aromatic heterocycles. The molecule has 0 aromatic carbocycles. The van der Waals surface area contributed by atoms with E-state index in [1.54, 1.807) is 6.92 Å². The molecule has 4 heteroatoms. The Morgan fingerprint density at radius 2 is 1.89 bits per heavy atom. The van der Waals surface area contributed by atoms with Crippen molar-refractivity contribution < 1.29 is 19.7 Å². The Kier molecular flexibility index (Phi) is 2.64. The summed E-state index contributed by atoms with van der Waals surface area (Å²) >= 11 is 0. The van der Waals surface area contributed by atoms with Gasteiger partial charge in [0, 0.05) is 12.0 Å². The van der Waals surface area contributed by atoms with Gasteiger partial charge in [-0.1, -0.05) is 0 Å². The summed E-state index contributed by atoms with van der Waals surface area (Å²) in [7, 11) is 0. The zero-order chi connectivity index (χ0) is 14.0. The highest BCUT2D eigenvalue weighted by atomic mass is 16.5. The van der Waals surface area contributed by atoms with Gasteiger partial charge in [-0.15, -0.1) is 0 Å². The van der Waals surface area contributed by atoms with Crippen LogP contribution in [0.3, 0.4) is 0 Å². The predicted molar refractivity (Wildman–Crippen MR) is 69.3 cm³/mol. The summed E-state index contributed by atoms with van der Waals surface area (Å²) in [5.41, 5.74) is 0.00869. The summed E-state index contributed by atoms with van der Waals surface area (Å²) in [6, 6.07) is 0. The van der Waals surface area contributed by atoms with E-state index in [4.69, 9.17) is 4.74 Å². The summed E-state index contributed by atoms with van der Waals surface area (Å²) in [4.78, 5) is 11.7. The molecule has 0 radical (unpaired) electrons. The molecule has 2 aliphatic carbocycles. The van der Waals surface area contributed by atoms with Crippen LogP contribution in [-0.4, -0.2) is 33.5 Å². The second-order valence-corrected chi connectivity index (χ2v) is 6.92. The summed E-state index contributed by atoms with van der Waals surface area (Å²) in [6.45, 7) is 5.45. The Morgan fingerprint density at radius 3 is 2.58 bits per heavy atom. The molecule has 106 valence electrons. The van der Waals surface area contributed by atoms with E-state index in [2.05, 4.69) is 0 Å². The van der Waals surface area contributed by atoms with E-state index < -0.39 is 11.2 Å². The Bertz CT molecular complexity index is 461. The van der Waals surface area contributed by atoms with E-state index in [0.717, 1.165) is 12.0 Å². The van der Waals surface area contributed by atoms with Crippen LogP contribution in [-0.2, 0) is 9.53 Å². The number of fused-ring (bicyclic) bond motifs is 2. The molecular weight excluding hydrogens is 244 g/mol. The van der Waals surface area contributed by atoms with Crippen molar-refractivity contribution >= 4 is 5.97 Å². The third kappa shape index (κ3) is 1.84. The molecule has 5 atom stereocenters. The standard InChI is InChI=1S/C15H22O4/c1-8-9-6-11-10(4-5-14(11,2)17)15(3,18)7-12(9)19-13(8)16/h10-12,17-18H,4-7H2,1-3H3/t10-,11-,12+,14-,15-/m1/s1. The predicted octanol–water partition coefficient (Wildman–Crippen LogP) is 1.55. The maximum absolute atomic E-state index is 11.7. The largest absolute Gasteiger partial charge is 0.454 e. The molecule has 1 aliphatic heterocycles. The molecule has 1 heterocycles. The highest BCUT2D eigenvalue weighted by Gasteiger charge is 2.55. The van der Waals surface area contributed by atoms with Crippen LogP contribution in [0.1, 0.15) is 46.5 Å². The van der Waals surface area contributed by atoms with E-state index in [1.807, 2.05) is 13.8 Å². The molecule has 3 aliphatic rings. The van der Waals surface area contributed by atoms with Crippen molar-refractivity contribution in [1.29, 1.82) is 0 Å². The van der Waals surface area contributed by atoms with Crippen LogP contribution in [0.15, 0.2) is 11.1 Å². The smallest absolute Gasteiger partial charge is 0.334 e. The number of hydrogen-bond donors (Lipinski definition) is 2. The number of ether oxygens (including phenoxy) is 1. The van der Waals surface area contributed by atoms with Crippen LogP contribution in [0.4, 0.5) is 0 Å². The van der Waals surface area contributed by atoms with E-state index in [-0.39, 0.29) is 23.9 Å². The highest BCUT2D eigenvalue weighted by molar-refractivity contribution is 5.91. The van der Waals surface area contributed by atoms with Crippen LogP contribution in [0.25, 0.3) is 0 Å². The highest BCUT2D eigenvalue weighted by Crippen LogP contribution is 2.53. The van der Waals surface area contributed by atoms with Gasteiger partial charge in [-0.3, -0.25) is 0 Å². The summed E-state index contributed by atoms with van der Waals surface area (Å²) in [5, 5.41) is 21.3. The van der Waals surface area contributed by atoms with Crippen molar-refractivity contribution in [2.24, 2.45) is 11.8 Å². The third-order valence-electron chi connectivity index (χ3n) is 5.51. The van der Waals surface area contributed by atoms with E-state index in [9.17, 15) is 15.0 Å². The first kappa shape index (κ1) is 13.1. The number of hydrogen-bond acceptors (Lipinski definition) is 4. The van der Waals surface area contributed by atoms with Crippen LogP contribution in [0.2, 0.25) is 0 Å². The lowest BCUT2D eigenvalue weighted by molar-refractivity contribution is -0.142. The lowest BCUT2D eigenvalue weighted by Gasteiger charge is -2.35. The van der Waals surface area contributed by atoms with Crippen molar-refractivity contribution in [3.63, 3.8) is 0 Å². The molecule has 2 saturated carbocycles. The van der Waals surface area contributed by atoms with Crippen LogP contribution < -0.4 is 0 Å². The molecule has 0 saturated heterocycles. The van der Waals surface area contributed by atoms with E-state index in [1.165, 1.54) is 0 Å². The first-order chi connectivity index (χ1) is 8.72. The Labute approximate surface area is 113 Å². The molecule has 0 aromatic rings. The lowest BCUT2D eigenvalue weighted by atomic mass is 9.76. The Balaban J connectivity index is 2.04. The minimum atomic E-state index is -0.886. The monoisotopic (exact) mass is 266 g/mol. The first-order valence-corrected chi connectivity index (χ1v) is 7.08. The average Bonchev–Trinajstić information content (AvgIpc) is 2.66. The van der Waals surface area contributed by atoms with Gasteiger partial charge in [0.2, 0.25) is 0 Å². The Hall–Kier alpha value is -0.870. The molecule has 0 unspecified atom stereocenters. The van der Waals surface area contributed by atoms with Gasteiger partial charge < -0.3 is 14.9 Å². The van der Waals surface area contributed by atoms with Gasteiger partial charge >= 0.3 is 5.97 Å². The third-order valence-corrected chi connectivity index (χ3v) is 5.51. The van der Waals surface area contributed by atoms with Crippen molar-refractivity contribution in [3.05, 3.63) is 11.1 Å². The maximum Gasteiger partial charge on any atom is 0.334 e. The second-order valence-electron chi connectivity index (χ2n) is 6.92. The van der Waals surface area contributed by atoms with Crippen molar-refractivity contribution in [1.82, 2.24) is 0 Å². The number of carbonyl (C=O) groups excluding carboxylic acids is 1. The van der Waals surface area contributed by atoms with Crippen molar-refractivity contribution in [2.75, 3.05) is 0 Å². The fourth-order valence-corrected chi connectivity index (χ4v) is 4.25. The van der Waals surface area contributed by atoms with Gasteiger partial charge in [0.15, 0.2) is 0 Å². The zero-order valence-electron chi connectivity index (χ0n) is 11.8. The number of carbonyl (C=O) groups is 1. The summed E-state index contributed by atoms with van der Waals surface area (Å²) in [5.74, 6) is -0.189. The van der Waals surface area contributed by atoms with E-state index >= 15 is 0 Å². The van der Waals surface area contributed by atoms with Crippen LogP contribution in [0, 0.1) is 11.8 Å². The fourth-order valence-electron chi connectivity index (χ4n) is 4.25. The zero-order valence-corrected chi connectivity index (χ0v) is 11.8. The van der Waals surface area contributed by atoms with Gasteiger partial charge in [-0.2, -0.15) is 0 Å². The SMILES string of the molecule is CC1=C2C[C@@H]3[C@@H](CC[C@@]3(C)O)[C@](C)(O)C[C@@H]2OC1=O. The number of rotatable bonds is 0. The van der Waals surface area contributed by atoms with Gasteiger partial charge in [-0.25, -0.2) is 4.79 Å². The van der Waals surface area contributed by atoms with Crippen molar-refractivity contribution in [2.45, 2.75) is 63.8 Å². The summed E-state index contributed by atoms with van der Waals surface area (Å²) < 4.78 is 5.37. The fraction of sp³-hybridized carbons (Fsp3) is 0.800. The minimum Gasteiger partial charge on any atom is -0.454 e. The average molecular weight is 266 g/mol. The van der Waals surface area contributed by atoms with Gasteiger partial charge in [-0.05, 0) is 57.4 Å². The lowest BCUT2D eigenvalue weighted by Crippen LogP contribution is -2.41. The van der Waals surface area contributed by atoms with Crippen LogP contribution in [0.5, 0.6) is 0 Å². The molecule has 4 nitrogen and oxygen atoms in total.